The minimum atomic E-state index is -3.38. The molecule has 2 saturated heterocycles. The van der Waals surface area contributed by atoms with Gasteiger partial charge in [-0.15, -0.1) is 0 Å². The number of aromatic carboxylic acids is 1. The van der Waals surface area contributed by atoms with Crippen LogP contribution in [0.25, 0.3) is 0 Å². The summed E-state index contributed by atoms with van der Waals surface area (Å²) >= 11 is 0. The highest BCUT2D eigenvalue weighted by atomic mass is 32.2. The number of ether oxygens (including phenoxy) is 1. The molecule has 0 unspecified atom stereocenters. The molecule has 2 aliphatic rings. The molecule has 3 amide bonds. The first-order valence-electron chi connectivity index (χ1n) is 16.3. The summed E-state index contributed by atoms with van der Waals surface area (Å²) in [4.78, 5) is 79.6. The zero-order chi connectivity index (χ0) is 37.8. The minimum Gasteiger partial charge on any atom is -0.478 e. The Bertz CT molecular complexity index is 1840. The molecule has 2 heterocycles. The van der Waals surface area contributed by atoms with Crippen LogP contribution in [-0.2, 0) is 24.3 Å². The van der Waals surface area contributed by atoms with E-state index < -0.39 is 63.5 Å². The second kappa shape index (κ2) is 15.9. The van der Waals surface area contributed by atoms with Crippen molar-refractivity contribution in [1.82, 2.24) is 19.4 Å². The number of esters is 1. The number of rotatable bonds is 10. The molecule has 51 heavy (non-hydrogen) atoms. The summed E-state index contributed by atoms with van der Waals surface area (Å²) in [5.74, 6) is -4.96. The maximum Gasteiger partial charge on any atom is 0.420 e. The van der Waals surface area contributed by atoms with E-state index in [1.54, 1.807) is 27.7 Å². The van der Waals surface area contributed by atoms with Crippen molar-refractivity contribution >= 4 is 57.2 Å². The topological polar surface area (TPSA) is 224 Å². The molecular formula is C34H42N6O10S. The van der Waals surface area contributed by atoms with Gasteiger partial charge in [0.2, 0.25) is 15.9 Å². The largest absolute Gasteiger partial charge is 0.478 e. The standard InChI is InChI=1S/C34H42N6O10S/c1-19(2)28(41)26-16-23(10-11-25(26)32(44)45)36-30(42)27-17-24(38-12-14-39(15-13-38)51(5,48)49)18-40(27)31(43)22-8-6-21(7-9-22)29(35)37-34(47)50-33(46)20(3)4/h6-11,16,19-20,24,27H,12-15,17-18H2,1-5H3,(H,36,42)(H,44,45)(H2,35,37,47)/t24-,27-/m0/s1. The van der Waals surface area contributed by atoms with Crippen molar-refractivity contribution < 1.29 is 47.0 Å². The molecule has 4 N–H and O–H groups in total. The van der Waals surface area contributed by atoms with Crippen molar-refractivity contribution in [3.05, 3.63) is 64.7 Å². The van der Waals surface area contributed by atoms with Crippen LogP contribution in [0.5, 0.6) is 0 Å². The molecule has 274 valence electrons. The summed E-state index contributed by atoms with van der Waals surface area (Å²) in [5.41, 5.74) is 0.312. The Balaban J connectivity index is 1.56. The van der Waals surface area contributed by atoms with Crippen LogP contribution in [0.1, 0.15) is 70.8 Å². The molecule has 4 rings (SSSR count). The summed E-state index contributed by atoms with van der Waals surface area (Å²) in [5, 5.41) is 22.7. The third kappa shape index (κ3) is 9.42. The van der Waals surface area contributed by atoms with Crippen LogP contribution < -0.4 is 10.6 Å². The molecule has 16 nitrogen and oxygen atoms in total. The van der Waals surface area contributed by atoms with Gasteiger partial charge < -0.3 is 20.1 Å². The van der Waals surface area contributed by atoms with Gasteiger partial charge in [0.1, 0.15) is 11.9 Å². The van der Waals surface area contributed by atoms with E-state index in [4.69, 9.17) is 5.41 Å². The highest BCUT2D eigenvalue weighted by Crippen LogP contribution is 2.28. The van der Waals surface area contributed by atoms with Crippen LogP contribution in [0.2, 0.25) is 0 Å². The number of hydrogen-bond acceptors (Lipinski definition) is 11. The lowest BCUT2D eigenvalue weighted by molar-refractivity contribution is -0.140. The van der Waals surface area contributed by atoms with E-state index in [0.29, 0.717) is 13.1 Å². The summed E-state index contributed by atoms with van der Waals surface area (Å²) in [6.07, 6.45) is 0.238. The molecule has 2 aromatic rings. The van der Waals surface area contributed by atoms with Crippen LogP contribution in [-0.4, -0.2) is 120 Å². The number of carboxylic acids is 1. The number of carbonyl (C=O) groups is 6. The van der Waals surface area contributed by atoms with Gasteiger partial charge in [0.05, 0.1) is 17.7 Å². The average Bonchev–Trinajstić information content (AvgIpc) is 3.53. The zero-order valence-electron chi connectivity index (χ0n) is 29.0. The summed E-state index contributed by atoms with van der Waals surface area (Å²) in [6.45, 7) is 7.79. The van der Waals surface area contributed by atoms with E-state index in [2.05, 4.69) is 15.4 Å². The van der Waals surface area contributed by atoms with Crippen LogP contribution in [0.15, 0.2) is 42.5 Å². The van der Waals surface area contributed by atoms with Crippen LogP contribution in [0.3, 0.4) is 0 Å². The van der Waals surface area contributed by atoms with Gasteiger partial charge in [-0.05, 0) is 36.8 Å². The number of carboxylic acid groups (broad SMARTS) is 1. The van der Waals surface area contributed by atoms with Gasteiger partial charge in [-0.1, -0.05) is 39.8 Å². The van der Waals surface area contributed by atoms with Crippen LogP contribution >= 0.6 is 0 Å². The number of ketones is 1. The van der Waals surface area contributed by atoms with E-state index in [9.17, 15) is 42.3 Å². The first-order chi connectivity index (χ1) is 23.9. The monoisotopic (exact) mass is 726 g/mol. The molecule has 0 aliphatic carbocycles. The normalized spacial score (nSPS) is 18.4. The fourth-order valence-electron chi connectivity index (χ4n) is 5.85. The predicted molar refractivity (Wildman–Crippen MR) is 185 cm³/mol. The number of Topliss-reactive ketones (excluding diaryl/α,β-unsaturated/α-hetero) is 1. The minimum absolute atomic E-state index is 0.0591. The van der Waals surface area contributed by atoms with Gasteiger partial charge in [0.25, 0.3) is 5.91 Å². The average molecular weight is 727 g/mol. The molecule has 2 atom stereocenters. The molecule has 0 spiro atoms. The van der Waals surface area contributed by atoms with Gasteiger partial charge in [0.15, 0.2) is 5.78 Å². The number of likely N-dealkylation sites (tertiary alicyclic amines) is 1. The maximum absolute atomic E-state index is 14.0. The first-order valence-corrected chi connectivity index (χ1v) is 18.2. The van der Waals surface area contributed by atoms with Gasteiger partial charge in [-0.25, -0.2) is 18.0 Å². The van der Waals surface area contributed by atoms with Crippen LogP contribution in [0, 0.1) is 17.2 Å². The Labute approximate surface area is 295 Å². The molecule has 2 aliphatic heterocycles. The van der Waals surface area contributed by atoms with Gasteiger partial charge in [-0.3, -0.25) is 34.8 Å². The molecule has 0 bridgehead atoms. The second-order valence-electron chi connectivity index (χ2n) is 13.1. The number of nitrogens with zero attached hydrogens (tertiary/aromatic N) is 3. The molecule has 2 fully saturated rings. The zero-order valence-corrected chi connectivity index (χ0v) is 29.8. The predicted octanol–water partition coefficient (Wildman–Crippen LogP) is 2.26. The van der Waals surface area contributed by atoms with Crippen molar-refractivity contribution in [1.29, 1.82) is 5.41 Å². The quantitative estimate of drug-likeness (QED) is 0.0914. The molecule has 0 saturated carbocycles. The lowest BCUT2D eigenvalue weighted by Gasteiger charge is -2.36. The Hall–Kier alpha value is -5.00. The first kappa shape index (κ1) is 38.8. The number of amides is 3. The van der Waals surface area contributed by atoms with Crippen molar-refractivity contribution in [3.8, 4) is 0 Å². The summed E-state index contributed by atoms with van der Waals surface area (Å²) in [6, 6.07) is 8.34. The van der Waals surface area contributed by atoms with E-state index in [1.165, 1.54) is 51.7 Å². The molecule has 0 radical (unpaired) electrons. The highest BCUT2D eigenvalue weighted by Gasteiger charge is 2.43. The Kier molecular flexibility index (Phi) is 12.1. The number of piperazine rings is 1. The molecular weight excluding hydrogens is 684 g/mol. The number of nitrogens with one attached hydrogen (secondary N) is 3. The number of carbonyl (C=O) groups excluding carboxylic acids is 5. The Morgan fingerprint density at radius 2 is 1.49 bits per heavy atom. The summed E-state index contributed by atoms with van der Waals surface area (Å²) < 4.78 is 30.1. The number of amidine groups is 1. The number of anilines is 1. The second-order valence-corrected chi connectivity index (χ2v) is 15.1. The third-order valence-electron chi connectivity index (χ3n) is 8.72. The highest BCUT2D eigenvalue weighted by molar-refractivity contribution is 7.88. The van der Waals surface area contributed by atoms with Crippen molar-refractivity contribution in [2.75, 3.05) is 44.3 Å². The molecule has 2 aromatic carbocycles. The summed E-state index contributed by atoms with van der Waals surface area (Å²) in [7, 11) is -3.38. The van der Waals surface area contributed by atoms with E-state index in [1.807, 2.05) is 4.90 Å². The Morgan fingerprint density at radius 1 is 0.882 bits per heavy atom. The SMILES string of the molecule is CC(C)C(=O)OC(=O)NC(=N)c1ccc(C(=O)N2C[C@@H](N3CCN(S(C)(=O)=O)CC3)C[C@H]2C(=O)Nc2ccc(C(=O)O)c(C(=O)C(C)C)c2)cc1. The van der Waals surface area contributed by atoms with Crippen molar-refractivity contribution in [3.63, 3.8) is 0 Å². The van der Waals surface area contributed by atoms with E-state index in [-0.39, 0.29) is 65.9 Å². The van der Waals surface area contributed by atoms with Gasteiger partial charge in [0, 0.05) is 67.1 Å². The fourth-order valence-corrected chi connectivity index (χ4v) is 6.68. The number of alkyl carbamates (subject to hydrolysis) is 1. The Morgan fingerprint density at radius 3 is 2.04 bits per heavy atom. The third-order valence-corrected chi connectivity index (χ3v) is 10.0. The lowest BCUT2D eigenvalue weighted by atomic mass is 9.95. The number of hydrogen-bond donors (Lipinski definition) is 4. The number of benzene rings is 2. The number of sulfonamides is 1. The molecule has 17 heteroatoms. The van der Waals surface area contributed by atoms with Crippen molar-refractivity contribution in [2.45, 2.75) is 46.2 Å². The molecule has 0 aromatic heterocycles. The van der Waals surface area contributed by atoms with E-state index in [0.717, 1.165) is 6.26 Å². The van der Waals surface area contributed by atoms with E-state index >= 15 is 0 Å². The smallest absolute Gasteiger partial charge is 0.420 e. The fraction of sp³-hybridized carbons (Fsp3) is 0.441. The van der Waals surface area contributed by atoms with Gasteiger partial charge >= 0.3 is 18.0 Å². The maximum atomic E-state index is 14.0. The lowest BCUT2D eigenvalue weighted by Crippen LogP contribution is -2.52. The van der Waals surface area contributed by atoms with Crippen LogP contribution in [0.4, 0.5) is 10.5 Å². The van der Waals surface area contributed by atoms with Gasteiger partial charge in [-0.2, -0.15) is 4.31 Å². The van der Waals surface area contributed by atoms with Crippen molar-refractivity contribution in [2.24, 2.45) is 11.8 Å².